The Labute approximate surface area is 238 Å². The number of carbonyl (C=O) groups is 2. The molecule has 0 saturated carbocycles. The average Bonchev–Trinajstić information content (AvgIpc) is 2.89. The quantitative estimate of drug-likeness (QED) is 0.306. The molecule has 1 saturated heterocycles. The number of unbranched alkanes of at least 4 members (excludes halogenated alkanes) is 1. The third-order valence-electron chi connectivity index (χ3n) is 7.18. The molecule has 0 spiro atoms. The molecule has 37 heavy (non-hydrogen) atoms. The van der Waals surface area contributed by atoms with Crippen LogP contribution in [0.1, 0.15) is 74.2 Å². The van der Waals surface area contributed by atoms with Gasteiger partial charge in [-0.25, -0.2) is 0 Å². The van der Waals surface area contributed by atoms with Crippen molar-refractivity contribution in [3.63, 3.8) is 0 Å². The van der Waals surface area contributed by atoms with Gasteiger partial charge in [-0.15, -0.1) is 12.4 Å². The minimum atomic E-state index is -0.0522. The first-order valence-electron chi connectivity index (χ1n) is 13.2. The molecule has 1 atom stereocenters. The minimum Gasteiger partial charge on any atom is -0.352 e. The van der Waals surface area contributed by atoms with Crippen LogP contribution in [0.15, 0.2) is 48.5 Å². The Morgan fingerprint density at radius 1 is 1.05 bits per heavy atom. The Balaban J connectivity index is 0.00000481. The van der Waals surface area contributed by atoms with Gasteiger partial charge < -0.3 is 15.1 Å². The third-order valence-corrected chi connectivity index (χ3v) is 7.92. The number of hydrogen-bond donors (Lipinski definition) is 1. The lowest BCUT2D eigenvalue weighted by atomic mass is 9.91. The molecule has 1 unspecified atom stereocenters. The first kappa shape index (κ1) is 31.4. The second-order valence-corrected chi connectivity index (χ2v) is 10.5. The van der Waals surface area contributed by atoms with Gasteiger partial charge in [-0.1, -0.05) is 60.8 Å². The van der Waals surface area contributed by atoms with E-state index in [1.165, 1.54) is 0 Å². The third kappa shape index (κ3) is 9.79. The van der Waals surface area contributed by atoms with Gasteiger partial charge in [-0.3, -0.25) is 9.59 Å². The van der Waals surface area contributed by atoms with E-state index in [1.54, 1.807) is 6.92 Å². The summed E-state index contributed by atoms with van der Waals surface area (Å²) < 4.78 is 0. The van der Waals surface area contributed by atoms with E-state index < -0.39 is 0 Å². The van der Waals surface area contributed by atoms with Gasteiger partial charge in [-0.2, -0.15) is 0 Å². The Bertz CT molecular complexity index is 982. The van der Waals surface area contributed by atoms with Gasteiger partial charge in [0.25, 0.3) is 5.91 Å². The van der Waals surface area contributed by atoms with Crippen LogP contribution in [0.4, 0.5) is 0 Å². The molecule has 2 aromatic carbocycles. The number of halogens is 3. The molecule has 8 heteroatoms. The van der Waals surface area contributed by atoms with Crippen molar-refractivity contribution >= 4 is 47.4 Å². The predicted octanol–water partition coefficient (Wildman–Crippen LogP) is 6.82. The molecular weight excluding hydrogens is 529 g/mol. The Hall–Kier alpha value is -1.79. The first-order chi connectivity index (χ1) is 17.4. The highest BCUT2D eigenvalue weighted by molar-refractivity contribution is 6.42. The lowest BCUT2D eigenvalue weighted by molar-refractivity contribution is -0.132. The highest BCUT2D eigenvalue weighted by Crippen LogP contribution is 2.30. The second kappa shape index (κ2) is 16.2. The molecular formula is C29H40Cl3N3O2. The normalized spacial score (nSPS) is 15.0. The predicted molar refractivity (Wildman–Crippen MR) is 156 cm³/mol. The Morgan fingerprint density at radius 3 is 2.38 bits per heavy atom. The fourth-order valence-corrected chi connectivity index (χ4v) is 5.32. The zero-order valence-electron chi connectivity index (χ0n) is 21.9. The van der Waals surface area contributed by atoms with E-state index in [4.69, 9.17) is 23.2 Å². The SMILES string of the molecule is CCCCN(C(C)=O)C1CCN(CCC(CCNC(=O)c2ccccc2)c2ccc(Cl)c(Cl)c2)CC1.Cl. The number of benzene rings is 2. The van der Waals surface area contributed by atoms with Gasteiger partial charge in [0.05, 0.1) is 10.0 Å². The van der Waals surface area contributed by atoms with Crippen molar-refractivity contribution in [2.45, 2.75) is 64.3 Å². The number of nitrogens with one attached hydrogen (secondary N) is 1. The van der Waals surface area contributed by atoms with Crippen LogP contribution in [0.2, 0.25) is 10.0 Å². The fourth-order valence-electron chi connectivity index (χ4n) is 5.01. The summed E-state index contributed by atoms with van der Waals surface area (Å²) in [5.74, 6) is 0.398. The van der Waals surface area contributed by atoms with Crippen molar-refractivity contribution in [2.24, 2.45) is 0 Å². The van der Waals surface area contributed by atoms with Gasteiger partial charge in [0.15, 0.2) is 0 Å². The van der Waals surface area contributed by atoms with Gasteiger partial charge in [-0.05, 0) is 74.4 Å². The van der Waals surface area contributed by atoms with Crippen molar-refractivity contribution in [3.05, 3.63) is 69.7 Å². The number of amides is 2. The standard InChI is InChI=1S/C29H39Cl2N3O2.ClH/c1-3-4-17-34(22(2)35)26-14-19-33(20-15-26)18-13-23(25-10-11-27(30)28(31)21-25)12-16-32-29(36)24-8-6-5-7-9-24;/h5-11,21,23,26H,3-4,12-20H2,1-2H3,(H,32,36);1H. The number of nitrogens with zero attached hydrogens (tertiary/aromatic N) is 2. The van der Waals surface area contributed by atoms with Gasteiger partial charge >= 0.3 is 0 Å². The number of carbonyl (C=O) groups excluding carboxylic acids is 2. The molecule has 2 amide bonds. The zero-order chi connectivity index (χ0) is 25.9. The van der Waals surface area contributed by atoms with E-state index >= 15 is 0 Å². The van der Waals surface area contributed by atoms with Gasteiger partial charge in [0.1, 0.15) is 0 Å². The van der Waals surface area contributed by atoms with Crippen molar-refractivity contribution in [1.82, 2.24) is 15.1 Å². The number of hydrogen-bond acceptors (Lipinski definition) is 3. The smallest absolute Gasteiger partial charge is 0.251 e. The Morgan fingerprint density at radius 2 is 1.76 bits per heavy atom. The molecule has 1 heterocycles. The van der Waals surface area contributed by atoms with Crippen molar-refractivity contribution in [2.75, 3.05) is 32.7 Å². The lowest BCUT2D eigenvalue weighted by Gasteiger charge is -2.38. The average molecular weight is 569 g/mol. The highest BCUT2D eigenvalue weighted by Gasteiger charge is 2.26. The lowest BCUT2D eigenvalue weighted by Crippen LogP contribution is -2.47. The molecule has 2 aromatic rings. The van der Waals surface area contributed by atoms with Crippen LogP contribution >= 0.6 is 35.6 Å². The van der Waals surface area contributed by atoms with Crippen LogP contribution in [0.5, 0.6) is 0 Å². The first-order valence-corrected chi connectivity index (χ1v) is 13.9. The molecule has 3 rings (SSSR count). The van der Waals surface area contributed by atoms with E-state index in [0.717, 1.165) is 70.3 Å². The van der Waals surface area contributed by atoms with Crippen LogP contribution < -0.4 is 5.32 Å². The fraction of sp³-hybridized carbons (Fsp3) is 0.517. The zero-order valence-corrected chi connectivity index (χ0v) is 24.3. The summed E-state index contributed by atoms with van der Waals surface area (Å²) in [5, 5.41) is 4.17. The van der Waals surface area contributed by atoms with Crippen LogP contribution in [-0.4, -0.2) is 60.4 Å². The summed E-state index contributed by atoms with van der Waals surface area (Å²) in [5.41, 5.74) is 1.82. The number of piperidine rings is 1. The van der Waals surface area contributed by atoms with Crippen molar-refractivity contribution in [3.8, 4) is 0 Å². The Kier molecular flexibility index (Phi) is 13.8. The van der Waals surface area contributed by atoms with Crippen LogP contribution in [-0.2, 0) is 4.79 Å². The minimum absolute atomic E-state index is 0. The van der Waals surface area contributed by atoms with E-state index in [0.29, 0.717) is 28.2 Å². The molecule has 0 aromatic heterocycles. The van der Waals surface area contributed by atoms with Crippen LogP contribution in [0.3, 0.4) is 0 Å². The van der Waals surface area contributed by atoms with Crippen LogP contribution in [0, 0.1) is 0 Å². The molecule has 1 aliphatic heterocycles. The molecule has 5 nitrogen and oxygen atoms in total. The maximum absolute atomic E-state index is 12.5. The second-order valence-electron chi connectivity index (χ2n) is 9.71. The van der Waals surface area contributed by atoms with Gasteiger partial charge in [0, 0.05) is 44.7 Å². The summed E-state index contributed by atoms with van der Waals surface area (Å²) in [6.45, 7) is 8.28. The van der Waals surface area contributed by atoms with Crippen LogP contribution in [0.25, 0.3) is 0 Å². The molecule has 204 valence electrons. The van der Waals surface area contributed by atoms with E-state index in [1.807, 2.05) is 48.5 Å². The number of rotatable bonds is 12. The number of likely N-dealkylation sites (tertiary alicyclic amines) is 1. The maximum atomic E-state index is 12.5. The summed E-state index contributed by atoms with van der Waals surface area (Å²) in [6.07, 6.45) is 6.00. The van der Waals surface area contributed by atoms with E-state index in [9.17, 15) is 9.59 Å². The highest BCUT2D eigenvalue weighted by atomic mass is 35.5. The molecule has 1 N–H and O–H groups in total. The molecule has 0 radical (unpaired) electrons. The largest absolute Gasteiger partial charge is 0.352 e. The molecule has 0 bridgehead atoms. The maximum Gasteiger partial charge on any atom is 0.251 e. The summed E-state index contributed by atoms with van der Waals surface area (Å²) in [6, 6.07) is 15.5. The monoisotopic (exact) mass is 567 g/mol. The molecule has 1 fully saturated rings. The summed E-state index contributed by atoms with van der Waals surface area (Å²) in [4.78, 5) is 29.2. The molecule has 0 aliphatic carbocycles. The summed E-state index contributed by atoms with van der Waals surface area (Å²) >= 11 is 12.5. The molecule has 1 aliphatic rings. The van der Waals surface area contributed by atoms with Crippen molar-refractivity contribution < 1.29 is 9.59 Å². The topological polar surface area (TPSA) is 52.7 Å². The van der Waals surface area contributed by atoms with E-state index in [2.05, 4.69) is 22.0 Å². The van der Waals surface area contributed by atoms with E-state index in [-0.39, 0.29) is 30.1 Å². The summed E-state index contributed by atoms with van der Waals surface area (Å²) in [7, 11) is 0. The van der Waals surface area contributed by atoms with Gasteiger partial charge in [0.2, 0.25) is 5.91 Å². The van der Waals surface area contributed by atoms with Crippen molar-refractivity contribution in [1.29, 1.82) is 0 Å².